The smallest absolute Gasteiger partial charge is 0.342 e. The zero-order valence-corrected chi connectivity index (χ0v) is 17.8. The van der Waals surface area contributed by atoms with Crippen LogP contribution in [0.4, 0.5) is 0 Å². The predicted molar refractivity (Wildman–Crippen MR) is 117 cm³/mol. The highest BCUT2D eigenvalue weighted by molar-refractivity contribution is 6.01. The maximum Gasteiger partial charge on any atom is 0.342 e. The average Bonchev–Trinajstić information content (AvgIpc) is 2.73. The molecule has 0 aliphatic heterocycles. The van der Waals surface area contributed by atoms with E-state index in [0.717, 1.165) is 27.8 Å². The lowest BCUT2D eigenvalue weighted by Gasteiger charge is -2.12. The molecule has 154 valence electrons. The van der Waals surface area contributed by atoms with Gasteiger partial charge in [-0.2, -0.15) is 0 Å². The molecule has 4 heteroatoms. The van der Waals surface area contributed by atoms with Crippen LogP contribution < -0.4 is 4.74 Å². The van der Waals surface area contributed by atoms with Gasteiger partial charge < -0.3 is 9.47 Å². The van der Waals surface area contributed by atoms with Crippen molar-refractivity contribution in [1.29, 1.82) is 0 Å². The van der Waals surface area contributed by atoms with Gasteiger partial charge in [-0.05, 0) is 68.1 Å². The maximum absolute atomic E-state index is 12.6. The van der Waals surface area contributed by atoms with Crippen molar-refractivity contribution in [2.24, 2.45) is 0 Å². The molecule has 0 aliphatic rings. The number of carbonyl (C=O) groups excluding carboxylic acids is 2. The molecule has 3 aromatic rings. The van der Waals surface area contributed by atoms with E-state index >= 15 is 0 Å². The minimum absolute atomic E-state index is 0.220. The van der Waals surface area contributed by atoms with Crippen LogP contribution >= 0.6 is 0 Å². The molecule has 3 rings (SSSR count). The first-order chi connectivity index (χ1) is 14.3. The minimum atomic E-state index is -0.579. The zero-order valence-electron chi connectivity index (χ0n) is 17.8. The number of Topliss-reactive ketones (excluding diaryl/α,β-unsaturated/α-hetero) is 1. The number of ether oxygens (including phenoxy) is 2. The van der Waals surface area contributed by atoms with E-state index in [-0.39, 0.29) is 12.4 Å². The van der Waals surface area contributed by atoms with Gasteiger partial charge in [-0.25, -0.2) is 4.79 Å². The normalized spacial score (nSPS) is 10.5. The number of esters is 1. The van der Waals surface area contributed by atoms with Crippen LogP contribution in [0.2, 0.25) is 0 Å². The Bertz CT molecular complexity index is 1080. The summed E-state index contributed by atoms with van der Waals surface area (Å²) in [7, 11) is 0. The molecule has 0 saturated carbocycles. The molecule has 0 N–H and O–H groups in total. The van der Waals surface area contributed by atoms with Gasteiger partial charge in [0.1, 0.15) is 17.9 Å². The summed E-state index contributed by atoms with van der Waals surface area (Å²) >= 11 is 0. The van der Waals surface area contributed by atoms with Crippen molar-refractivity contribution in [1.82, 2.24) is 0 Å². The second-order valence-corrected chi connectivity index (χ2v) is 7.52. The first-order valence-corrected chi connectivity index (χ1v) is 9.90. The molecule has 0 amide bonds. The average molecular weight is 402 g/mol. The van der Waals surface area contributed by atoms with E-state index in [9.17, 15) is 9.59 Å². The van der Waals surface area contributed by atoms with Crippen LogP contribution in [0.1, 0.15) is 48.5 Å². The third-order valence-electron chi connectivity index (χ3n) is 5.06. The highest BCUT2D eigenvalue weighted by Gasteiger charge is 2.17. The standard InChI is InChI=1S/C26H26O4/c1-17-8-7-9-21(12-17)15-29-25-11-6-5-10-22(25)26(28)30-16-24(27)23-14-19(3)18(2)13-20(23)4/h5-14H,15-16H2,1-4H3. The summed E-state index contributed by atoms with van der Waals surface area (Å²) < 4.78 is 11.2. The van der Waals surface area contributed by atoms with Gasteiger partial charge in [0, 0.05) is 5.56 Å². The van der Waals surface area contributed by atoms with Gasteiger partial charge in [0.2, 0.25) is 5.78 Å². The summed E-state index contributed by atoms with van der Waals surface area (Å²) in [5.74, 6) is -0.370. The van der Waals surface area contributed by atoms with Gasteiger partial charge in [0.25, 0.3) is 0 Å². The highest BCUT2D eigenvalue weighted by Crippen LogP contribution is 2.21. The van der Waals surface area contributed by atoms with Crippen LogP contribution in [0.5, 0.6) is 5.75 Å². The molecule has 0 radical (unpaired) electrons. The Hall–Kier alpha value is -3.40. The van der Waals surface area contributed by atoms with E-state index in [1.807, 2.05) is 64.1 Å². The summed E-state index contributed by atoms with van der Waals surface area (Å²) in [4.78, 5) is 25.2. The number of hydrogen-bond donors (Lipinski definition) is 0. The van der Waals surface area contributed by atoms with Crippen molar-refractivity contribution >= 4 is 11.8 Å². The predicted octanol–water partition coefficient (Wildman–Crippen LogP) is 5.54. The molecule has 4 nitrogen and oxygen atoms in total. The van der Waals surface area contributed by atoms with Crippen molar-refractivity contribution in [2.45, 2.75) is 34.3 Å². The van der Waals surface area contributed by atoms with Gasteiger partial charge >= 0.3 is 5.97 Å². The van der Waals surface area contributed by atoms with Gasteiger partial charge in [0.05, 0.1) is 0 Å². The molecule has 0 unspecified atom stereocenters. The monoisotopic (exact) mass is 402 g/mol. The Kier molecular flexibility index (Phi) is 6.68. The van der Waals surface area contributed by atoms with Crippen LogP contribution in [-0.4, -0.2) is 18.4 Å². The van der Waals surface area contributed by atoms with Crippen LogP contribution in [0.25, 0.3) is 0 Å². The molecular weight excluding hydrogens is 376 g/mol. The fourth-order valence-corrected chi connectivity index (χ4v) is 3.27. The SMILES string of the molecule is Cc1cccc(COc2ccccc2C(=O)OCC(=O)c2cc(C)c(C)cc2C)c1. The lowest BCUT2D eigenvalue weighted by atomic mass is 9.98. The second-order valence-electron chi connectivity index (χ2n) is 7.52. The molecule has 0 bridgehead atoms. The molecule has 0 spiro atoms. The number of benzene rings is 3. The van der Waals surface area contributed by atoms with E-state index in [1.54, 1.807) is 24.3 Å². The third kappa shape index (κ3) is 5.15. The van der Waals surface area contributed by atoms with Crippen molar-refractivity contribution in [3.8, 4) is 5.75 Å². The zero-order chi connectivity index (χ0) is 21.7. The summed E-state index contributed by atoms with van der Waals surface area (Å²) in [5.41, 5.74) is 6.07. The van der Waals surface area contributed by atoms with Gasteiger partial charge in [-0.15, -0.1) is 0 Å². The minimum Gasteiger partial charge on any atom is -0.488 e. The van der Waals surface area contributed by atoms with Gasteiger partial charge in [0.15, 0.2) is 6.61 Å². The van der Waals surface area contributed by atoms with E-state index < -0.39 is 5.97 Å². The first-order valence-electron chi connectivity index (χ1n) is 9.90. The Labute approximate surface area is 177 Å². The molecular formula is C26H26O4. The molecule has 0 aromatic heterocycles. The lowest BCUT2D eigenvalue weighted by Crippen LogP contribution is -2.16. The molecule has 3 aromatic carbocycles. The lowest BCUT2D eigenvalue weighted by molar-refractivity contribution is 0.0470. The Morgan fingerprint density at radius 1 is 0.767 bits per heavy atom. The van der Waals surface area contributed by atoms with Crippen LogP contribution in [0.3, 0.4) is 0 Å². The number of aryl methyl sites for hydroxylation is 4. The first kappa shape index (κ1) is 21.3. The number of para-hydroxylation sites is 1. The number of carbonyl (C=O) groups is 2. The Balaban J connectivity index is 1.67. The highest BCUT2D eigenvalue weighted by atomic mass is 16.5. The number of rotatable bonds is 7. The molecule has 0 heterocycles. The maximum atomic E-state index is 12.6. The molecule has 30 heavy (non-hydrogen) atoms. The number of hydrogen-bond acceptors (Lipinski definition) is 4. The Morgan fingerprint density at radius 3 is 2.27 bits per heavy atom. The van der Waals surface area contributed by atoms with Crippen molar-refractivity contribution in [3.63, 3.8) is 0 Å². The molecule has 0 atom stereocenters. The Morgan fingerprint density at radius 2 is 1.50 bits per heavy atom. The largest absolute Gasteiger partial charge is 0.488 e. The van der Waals surface area contributed by atoms with Gasteiger partial charge in [-0.3, -0.25) is 4.79 Å². The van der Waals surface area contributed by atoms with E-state index in [4.69, 9.17) is 9.47 Å². The van der Waals surface area contributed by atoms with Crippen molar-refractivity contribution < 1.29 is 19.1 Å². The topological polar surface area (TPSA) is 52.6 Å². The van der Waals surface area contributed by atoms with Crippen LogP contribution in [0, 0.1) is 27.7 Å². The van der Waals surface area contributed by atoms with Crippen molar-refractivity contribution in [3.05, 3.63) is 99.6 Å². The van der Waals surface area contributed by atoms with Crippen LogP contribution in [0.15, 0.2) is 60.7 Å². The molecule has 0 saturated heterocycles. The fraction of sp³-hybridized carbons (Fsp3) is 0.231. The van der Waals surface area contributed by atoms with Gasteiger partial charge in [-0.1, -0.05) is 48.0 Å². The fourth-order valence-electron chi connectivity index (χ4n) is 3.27. The summed E-state index contributed by atoms with van der Waals surface area (Å²) in [6, 6.07) is 18.7. The quantitative estimate of drug-likeness (QED) is 0.385. The third-order valence-corrected chi connectivity index (χ3v) is 5.06. The summed E-state index contributed by atoms with van der Waals surface area (Å²) in [6.45, 7) is 7.89. The van der Waals surface area contributed by atoms with E-state index in [2.05, 4.69) is 0 Å². The summed E-state index contributed by atoms with van der Waals surface area (Å²) in [6.07, 6.45) is 0. The molecule has 0 fully saturated rings. The van der Waals surface area contributed by atoms with E-state index in [1.165, 1.54) is 0 Å². The second kappa shape index (κ2) is 9.40. The van der Waals surface area contributed by atoms with Crippen LogP contribution in [-0.2, 0) is 11.3 Å². The summed E-state index contributed by atoms with van der Waals surface area (Å²) in [5, 5.41) is 0. The number of ketones is 1. The van der Waals surface area contributed by atoms with Crippen molar-refractivity contribution in [2.75, 3.05) is 6.61 Å². The molecule has 0 aliphatic carbocycles. The van der Waals surface area contributed by atoms with E-state index in [0.29, 0.717) is 23.5 Å².